The molecule has 2 aromatic heterocycles. The van der Waals surface area contributed by atoms with E-state index in [1.165, 1.54) is 11.3 Å². The van der Waals surface area contributed by atoms with Crippen molar-refractivity contribution in [2.45, 2.75) is 6.92 Å². The van der Waals surface area contributed by atoms with Gasteiger partial charge in [-0.2, -0.15) is 9.61 Å². The maximum absolute atomic E-state index is 5.58. The number of ether oxygens (including phenoxy) is 1. The summed E-state index contributed by atoms with van der Waals surface area (Å²) in [7, 11) is 4.06. The van der Waals surface area contributed by atoms with Crippen LogP contribution in [-0.4, -0.2) is 40.5 Å². The first kappa shape index (κ1) is 16.5. The summed E-state index contributed by atoms with van der Waals surface area (Å²) >= 11 is 1.53. The third kappa shape index (κ3) is 3.01. The van der Waals surface area contributed by atoms with Gasteiger partial charge in [-0.25, -0.2) is 0 Å². The largest absolute Gasteiger partial charge is 0.494 e. The van der Waals surface area contributed by atoms with Crippen molar-refractivity contribution < 1.29 is 4.74 Å². The van der Waals surface area contributed by atoms with Crippen LogP contribution in [0.2, 0.25) is 0 Å². The molecule has 0 bridgehead atoms. The first-order valence-corrected chi connectivity index (χ1v) is 9.20. The molecule has 0 saturated heterocycles. The summed E-state index contributed by atoms with van der Waals surface area (Å²) < 4.78 is 7.38. The molecule has 0 radical (unpaired) electrons. The van der Waals surface area contributed by atoms with Gasteiger partial charge < -0.3 is 9.64 Å². The Labute approximate surface area is 155 Å². The van der Waals surface area contributed by atoms with Crippen molar-refractivity contribution in [1.29, 1.82) is 0 Å². The molecule has 2 aromatic carbocycles. The molecule has 0 fully saturated rings. The molecule has 0 aliphatic rings. The Bertz CT molecular complexity index is 1040. The predicted molar refractivity (Wildman–Crippen MR) is 105 cm³/mol. The fraction of sp³-hybridized carbons (Fsp3) is 0.211. The van der Waals surface area contributed by atoms with Gasteiger partial charge >= 0.3 is 0 Å². The zero-order chi connectivity index (χ0) is 18.1. The van der Waals surface area contributed by atoms with Crippen LogP contribution >= 0.6 is 11.3 Å². The second-order valence-electron chi connectivity index (χ2n) is 6.03. The van der Waals surface area contributed by atoms with Gasteiger partial charge in [-0.3, -0.25) is 0 Å². The molecule has 4 rings (SSSR count). The summed E-state index contributed by atoms with van der Waals surface area (Å²) in [6, 6.07) is 16.2. The highest BCUT2D eigenvalue weighted by Gasteiger charge is 2.15. The Morgan fingerprint density at radius 1 is 1.04 bits per heavy atom. The quantitative estimate of drug-likeness (QED) is 0.535. The van der Waals surface area contributed by atoms with Gasteiger partial charge in [0.25, 0.3) is 0 Å². The summed E-state index contributed by atoms with van der Waals surface area (Å²) in [4.78, 5) is 2.85. The van der Waals surface area contributed by atoms with Gasteiger partial charge in [-0.1, -0.05) is 23.5 Å². The van der Waals surface area contributed by atoms with Crippen LogP contribution < -0.4 is 9.64 Å². The Hall–Kier alpha value is -2.93. The molecule has 2 heterocycles. The smallest absolute Gasteiger partial charge is 0.235 e. The number of aromatic nitrogens is 4. The summed E-state index contributed by atoms with van der Waals surface area (Å²) in [6.07, 6.45) is 0. The van der Waals surface area contributed by atoms with E-state index < -0.39 is 0 Å². The molecule has 6 nitrogen and oxygen atoms in total. The van der Waals surface area contributed by atoms with Crippen LogP contribution in [0.25, 0.3) is 26.9 Å². The molecule has 0 N–H and O–H groups in total. The lowest BCUT2D eigenvalue weighted by atomic mass is 10.2. The first-order chi connectivity index (χ1) is 12.7. The van der Waals surface area contributed by atoms with Crippen molar-refractivity contribution in [2.75, 3.05) is 25.6 Å². The van der Waals surface area contributed by atoms with E-state index in [1.807, 2.05) is 45.3 Å². The van der Waals surface area contributed by atoms with Gasteiger partial charge in [-0.05, 0) is 43.3 Å². The fourth-order valence-electron chi connectivity index (χ4n) is 2.71. The molecular weight excluding hydrogens is 346 g/mol. The number of fused-ring (bicyclic) bond motifs is 1. The van der Waals surface area contributed by atoms with E-state index in [9.17, 15) is 0 Å². The van der Waals surface area contributed by atoms with E-state index in [0.717, 1.165) is 32.5 Å². The lowest BCUT2D eigenvalue weighted by Gasteiger charge is -2.11. The summed E-state index contributed by atoms with van der Waals surface area (Å²) in [5, 5.41) is 14.2. The molecule has 26 heavy (non-hydrogen) atoms. The highest BCUT2D eigenvalue weighted by molar-refractivity contribution is 7.19. The van der Waals surface area contributed by atoms with E-state index in [-0.39, 0.29) is 0 Å². The molecule has 0 spiro atoms. The minimum absolute atomic E-state index is 0.627. The monoisotopic (exact) mass is 365 g/mol. The highest BCUT2D eigenvalue weighted by Crippen LogP contribution is 2.30. The van der Waals surface area contributed by atoms with Gasteiger partial charge in [0, 0.05) is 30.9 Å². The molecule has 132 valence electrons. The molecule has 4 aromatic rings. The summed E-state index contributed by atoms with van der Waals surface area (Å²) in [5.41, 5.74) is 3.16. The van der Waals surface area contributed by atoms with E-state index in [1.54, 1.807) is 4.52 Å². The van der Waals surface area contributed by atoms with E-state index >= 15 is 0 Å². The van der Waals surface area contributed by atoms with Gasteiger partial charge in [-0.15, -0.1) is 10.2 Å². The molecule has 0 unspecified atom stereocenters. The highest BCUT2D eigenvalue weighted by atomic mass is 32.1. The molecule has 0 aliphatic carbocycles. The van der Waals surface area contributed by atoms with Crippen LogP contribution in [0.5, 0.6) is 5.75 Å². The average molecular weight is 365 g/mol. The van der Waals surface area contributed by atoms with Crippen LogP contribution in [0.15, 0.2) is 48.5 Å². The summed E-state index contributed by atoms with van der Waals surface area (Å²) in [5.74, 6) is 1.53. The topological polar surface area (TPSA) is 55.6 Å². The van der Waals surface area contributed by atoms with Crippen molar-refractivity contribution in [1.82, 2.24) is 19.8 Å². The van der Waals surface area contributed by atoms with Crippen LogP contribution in [-0.2, 0) is 0 Å². The number of anilines is 1. The van der Waals surface area contributed by atoms with Crippen molar-refractivity contribution in [3.8, 4) is 27.7 Å². The maximum atomic E-state index is 5.58. The number of hydrogen-bond donors (Lipinski definition) is 0. The first-order valence-electron chi connectivity index (χ1n) is 8.39. The molecule has 0 saturated carbocycles. The van der Waals surface area contributed by atoms with Crippen molar-refractivity contribution in [3.63, 3.8) is 0 Å². The molecule has 0 amide bonds. The Morgan fingerprint density at radius 2 is 1.85 bits per heavy atom. The van der Waals surface area contributed by atoms with Crippen LogP contribution in [0.4, 0.5) is 5.69 Å². The second-order valence-corrected chi connectivity index (χ2v) is 6.98. The van der Waals surface area contributed by atoms with Crippen molar-refractivity contribution in [3.05, 3.63) is 48.5 Å². The number of rotatable bonds is 5. The standard InChI is InChI=1S/C19H19N5OS/c1-4-25-16-7-5-6-14(12-16)17-20-21-19-24(17)22-18(26-19)13-8-10-15(11-9-13)23(2)3/h5-12H,4H2,1-3H3. The Balaban J connectivity index is 1.72. The van der Waals surface area contributed by atoms with Crippen LogP contribution in [0.1, 0.15) is 6.92 Å². The van der Waals surface area contributed by atoms with Crippen LogP contribution in [0, 0.1) is 0 Å². The molecule has 0 atom stereocenters. The zero-order valence-corrected chi connectivity index (χ0v) is 15.7. The molecule has 7 heteroatoms. The fourth-order valence-corrected chi connectivity index (χ4v) is 3.55. The van der Waals surface area contributed by atoms with Crippen LogP contribution in [0.3, 0.4) is 0 Å². The lowest BCUT2D eigenvalue weighted by Crippen LogP contribution is -2.07. The van der Waals surface area contributed by atoms with Gasteiger partial charge in [0.1, 0.15) is 10.8 Å². The maximum Gasteiger partial charge on any atom is 0.235 e. The Kier molecular flexibility index (Phi) is 4.30. The minimum atomic E-state index is 0.627. The van der Waals surface area contributed by atoms with Gasteiger partial charge in [0.05, 0.1) is 6.61 Å². The van der Waals surface area contributed by atoms with E-state index in [2.05, 4.69) is 39.4 Å². The van der Waals surface area contributed by atoms with Gasteiger partial charge in [0.15, 0.2) is 5.82 Å². The average Bonchev–Trinajstić information content (AvgIpc) is 3.23. The normalized spacial score (nSPS) is 11.0. The third-order valence-electron chi connectivity index (χ3n) is 4.02. The Morgan fingerprint density at radius 3 is 2.58 bits per heavy atom. The summed E-state index contributed by atoms with van der Waals surface area (Å²) in [6.45, 7) is 2.60. The van der Waals surface area contributed by atoms with Crippen molar-refractivity contribution >= 4 is 22.0 Å². The number of benzene rings is 2. The van der Waals surface area contributed by atoms with E-state index in [4.69, 9.17) is 9.84 Å². The number of hydrogen-bond acceptors (Lipinski definition) is 6. The lowest BCUT2D eigenvalue weighted by molar-refractivity contribution is 0.340. The van der Waals surface area contributed by atoms with E-state index in [0.29, 0.717) is 12.4 Å². The van der Waals surface area contributed by atoms with Crippen molar-refractivity contribution in [2.24, 2.45) is 0 Å². The number of nitrogens with zero attached hydrogens (tertiary/aromatic N) is 5. The molecular formula is C19H19N5OS. The SMILES string of the molecule is CCOc1cccc(-c2nnc3sc(-c4ccc(N(C)C)cc4)nn23)c1. The second kappa shape index (κ2) is 6.76. The predicted octanol–water partition coefficient (Wildman–Crippen LogP) is 3.98. The third-order valence-corrected chi connectivity index (χ3v) is 4.97. The zero-order valence-electron chi connectivity index (χ0n) is 14.9. The minimum Gasteiger partial charge on any atom is -0.494 e. The molecule has 0 aliphatic heterocycles. The van der Waals surface area contributed by atoms with Gasteiger partial charge in [0.2, 0.25) is 4.96 Å².